The third kappa shape index (κ3) is 6.00. The normalized spacial score (nSPS) is 11.9. The van der Waals surface area contributed by atoms with Crippen LogP contribution in [0.4, 0.5) is 0 Å². The number of amides is 1. The van der Waals surface area contributed by atoms with Gasteiger partial charge in [-0.1, -0.05) is 84.4 Å². The van der Waals surface area contributed by atoms with Crippen molar-refractivity contribution in [1.82, 2.24) is 14.5 Å². The molecule has 0 aliphatic rings. The second-order valence-electron chi connectivity index (χ2n) is 10.0. The van der Waals surface area contributed by atoms with Crippen molar-refractivity contribution in [1.29, 1.82) is 0 Å². The van der Waals surface area contributed by atoms with Crippen molar-refractivity contribution < 1.29 is 4.79 Å². The van der Waals surface area contributed by atoms with Gasteiger partial charge in [-0.25, -0.2) is 4.98 Å². The molecule has 0 fully saturated rings. The molecule has 5 nitrogen and oxygen atoms in total. The molecule has 1 aromatic heterocycles. The Kier molecular flexibility index (Phi) is 8.42. The molecule has 1 atom stereocenters. The van der Waals surface area contributed by atoms with E-state index < -0.39 is 6.04 Å². The Balaban J connectivity index is 1.58. The maximum atomic E-state index is 14.0. The van der Waals surface area contributed by atoms with Crippen LogP contribution in [-0.2, 0) is 17.6 Å². The third-order valence-electron chi connectivity index (χ3n) is 7.32. The van der Waals surface area contributed by atoms with E-state index in [9.17, 15) is 9.59 Å². The van der Waals surface area contributed by atoms with Gasteiger partial charge in [0.05, 0.1) is 22.6 Å². The fourth-order valence-electron chi connectivity index (χ4n) is 5.14. The number of halogens is 1. The van der Waals surface area contributed by atoms with E-state index in [1.54, 1.807) is 16.7 Å². The van der Waals surface area contributed by atoms with Crippen molar-refractivity contribution in [2.24, 2.45) is 0 Å². The first-order valence-electron chi connectivity index (χ1n) is 13.6. The quantitative estimate of drug-likeness (QED) is 0.197. The molecule has 0 radical (unpaired) electrons. The van der Waals surface area contributed by atoms with Gasteiger partial charge in [0.2, 0.25) is 5.91 Å². The van der Waals surface area contributed by atoms with Gasteiger partial charge in [-0.2, -0.15) is 0 Å². The molecule has 1 heterocycles. The summed E-state index contributed by atoms with van der Waals surface area (Å²) in [5, 5.41) is 1.12. The predicted molar refractivity (Wildman–Crippen MR) is 162 cm³/mol. The van der Waals surface area contributed by atoms with Crippen LogP contribution in [0.1, 0.15) is 41.9 Å². The molecule has 202 valence electrons. The van der Waals surface area contributed by atoms with Gasteiger partial charge in [0.25, 0.3) is 5.56 Å². The standard InChI is InChI=1S/C34H32ClN3O2/c1-24-23-28(35)18-19-31(24)38-33(36-30-16-10-9-15-29(30)34(38)40)25(2)37(22-21-27-13-7-4-8-14-27)32(39)20-17-26-11-5-3-6-12-26/h3-16,18-19,23,25H,17,20-22H2,1-2H3. The topological polar surface area (TPSA) is 55.2 Å². The minimum atomic E-state index is -0.459. The lowest BCUT2D eigenvalue weighted by atomic mass is 10.1. The Morgan fingerprint density at radius 2 is 1.50 bits per heavy atom. The van der Waals surface area contributed by atoms with E-state index in [0.717, 1.165) is 16.7 Å². The van der Waals surface area contributed by atoms with Gasteiger partial charge in [0.15, 0.2) is 0 Å². The Morgan fingerprint density at radius 1 is 0.875 bits per heavy atom. The van der Waals surface area contributed by atoms with E-state index in [4.69, 9.17) is 16.6 Å². The van der Waals surface area contributed by atoms with Crippen molar-refractivity contribution in [2.75, 3.05) is 6.54 Å². The van der Waals surface area contributed by atoms with Gasteiger partial charge in [0, 0.05) is 18.0 Å². The van der Waals surface area contributed by atoms with E-state index in [1.165, 1.54) is 0 Å². The average Bonchev–Trinajstić information content (AvgIpc) is 2.97. The molecular weight excluding hydrogens is 518 g/mol. The minimum absolute atomic E-state index is 0.0223. The largest absolute Gasteiger partial charge is 0.332 e. The van der Waals surface area contributed by atoms with Crippen LogP contribution in [0.5, 0.6) is 0 Å². The lowest BCUT2D eigenvalue weighted by Crippen LogP contribution is -2.39. The molecule has 5 rings (SSSR count). The first kappa shape index (κ1) is 27.4. The molecule has 40 heavy (non-hydrogen) atoms. The van der Waals surface area contributed by atoms with Crippen LogP contribution in [0.15, 0.2) is 108 Å². The summed E-state index contributed by atoms with van der Waals surface area (Å²) in [7, 11) is 0. The summed E-state index contributed by atoms with van der Waals surface area (Å²) in [6.45, 7) is 4.39. The summed E-state index contributed by atoms with van der Waals surface area (Å²) in [4.78, 5) is 34.7. The number of fused-ring (bicyclic) bond motifs is 1. The summed E-state index contributed by atoms with van der Waals surface area (Å²) in [6, 6.07) is 32.5. The Morgan fingerprint density at radius 3 is 2.17 bits per heavy atom. The first-order chi connectivity index (χ1) is 19.4. The number of nitrogens with zero attached hydrogens (tertiary/aromatic N) is 3. The highest BCUT2D eigenvalue weighted by molar-refractivity contribution is 6.30. The van der Waals surface area contributed by atoms with Crippen LogP contribution in [-0.4, -0.2) is 26.9 Å². The van der Waals surface area contributed by atoms with Gasteiger partial charge < -0.3 is 4.90 Å². The summed E-state index contributed by atoms with van der Waals surface area (Å²) in [6.07, 6.45) is 1.70. The second-order valence-corrected chi connectivity index (χ2v) is 10.5. The number of benzene rings is 4. The third-order valence-corrected chi connectivity index (χ3v) is 7.55. The van der Waals surface area contributed by atoms with E-state index in [-0.39, 0.29) is 11.5 Å². The van der Waals surface area contributed by atoms with Gasteiger partial charge in [0.1, 0.15) is 5.82 Å². The number of hydrogen-bond acceptors (Lipinski definition) is 3. The highest BCUT2D eigenvalue weighted by atomic mass is 35.5. The fraction of sp³-hybridized carbons (Fsp3) is 0.206. The van der Waals surface area contributed by atoms with Crippen molar-refractivity contribution in [3.63, 3.8) is 0 Å². The predicted octanol–water partition coefficient (Wildman–Crippen LogP) is 7.11. The molecule has 1 unspecified atom stereocenters. The molecule has 0 aliphatic carbocycles. The SMILES string of the molecule is Cc1cc(Cl)ccc1-n1c(C(C)N(CCc2ccccc2)C(=O)CCc2ccccc2)nc2ccccc2c1=O. The Labute approximate surface area is 239 Å². The van der Waals surface area contributed by atoms with E-state index in [0.29, 0.717) is 53.2 Å². The Hall–Kier alpha value is -4.22. The molecule has 0 N–H and O–H groups in total. The number of hydrogen-bond donors (Lipinski definition) is 0. The minimum Gasteiger partial charge on any atom is -0.332 e. The summed E-state index contributed by atoms with van der Waals surface area (Å²) >= 11 is 6.26. The highest BCUT2D eigenvalue weighted by Gasteiger charge is 2.27. The molecule has 0 spiro atoms. The average molecular weight is 550 g/mol. The summed E-state index contributed by atoms with van der Waals surface area (Å²) in [5.41, 5.74) is 4.26. The molecule has 0 aliphatic heterocycles. The zero-order chi connectivity index (χ0) is 28.1. The molecule has 6 heteroatoms. The van der Waals surface area contributed by atoms with Crippen LogP contribution < -0.4 is 5.56 Å². The second kappa shape index (κ2) is 12.3. The smallest absolute Gasteiger partial charge is 0.266 e. The fourth-order valence-corrected chi connectivity index (χ4v) is 5.37. The van der Waals surface area contributed by atoms with Crippen LogP contribution >= 0.6 is 11.6 Å². The molecular formula is C34H32ClN3O2. The molecule has 5 aromatic rings. The van der Waals surface area contributed by atoms with Crippen LogP contribution in [0, 0.1) is 6.92 Å². The van der Waals surface area contributed by atoms with Crippen molar-refractivity contribution in [2.45, 2.75) is 39.2 Å². The van der Waals surface area contributed by atoms with E-state index >= 15 is 0 Å². The molecule has 0 saturated carbocycles. The number of carbonyl (C=O) groups is 1. The molecule has 0 bridgehead atoms. The summed E-state index contributed by atoms with van der Waals surface area (Å²) in [5.74, 6) is 0.546. The molecule has 4 aromatic carbocycles. The zero-order valence-corrected chi connectivity index (χ0v) is 23.5. The first-order valence-corrected chi connectivity index (χ1v) is 14.0. The van der Waals surface area contributed by atoms with Crippen LogP contribution in [0.3, 0.4) is 0 Å². The van der Waals surface area contributed by atoms with Gasteiger partial charge in [-0.15, -0.1) is 0 Å². The number of carbonyl (C=O) groups excluding carboxylic acids is 1. The zero-order valence-electron chi connectivity index (χ0n) is 22.8. The van der Waals surface area contributed by atoms with E-state index in [2.05, 4.69) is 12.1 Å². The number of para-hydroxylation sites is 1. The van der Waals surface area contributed by atoms with Crippen molar-refractivity contribution in [3.8, 4) is 5.69 Å². The number of rotatable bonds is 9. The maximum Gasteiger partial charge on any atom is 0.266 e. The van der Waals surface area contributed by atoms with Gasteiger partial charge in [-0.3, -0.25) is 14.2 Å². The van der Waals surface area contributed by atoms with Gasteiger partial charge >= 0.3 is 0 Å². The monoisotopic (exact) mass is 549 g/mol. The number of aryl methyl sites for hydroxylation is 2. The van der Waals surface area contributed by atoms with Crippen LogP contribution in [0.25, 0.3) is 16.6 Å². The molecule has 1 amide bonds. The summed E-state index contributed by atoms with van der Waals surface area (Å²) < 4.78 is 1.65. The lowest BCUT2D eigenvalue weighted by Gasteiger charge is -2.31. The van der Waals surface area contributed by atoms with Crippen molar-refractivity contribution in [3.05, 3.63) is 141 Å². The highest BCUT2D eigenvalue weighted by Crippen LogP contribution is 2.27. The Bertz CT molecular complexity index is 1680. The number of aromatic nitrogens is 2. The molecule has 0 saturated heterocycles. The van der Waals surface area contributed by atoms with Gasteiger partial charge in [-0.05, 0) is 73.7 Å². The maximum absolute atomic E-state index is 14.0. The lowest BCUT2D eigenvalue weighted by molar-refractivity contribution is -0.133. The van der Waals surface area contributed by atoms with Crippen LogP contribution in [0.2, 0.25) is 5.02 Å². The van der Waals surface area contributed by atoms with E-state index in [1.807, 2.05) is 97.6 Å². The van der Waals surface area contributed by atoms with Crippen molar-refractivity contribution >= 4 is 28.4 Å².